The molecule has 122 valence electrons. The van der Waals surface area contributed by atoms with Crippen molar-refractivity contribution >= 4 is 40.4 Å². The summed E-state index contributed by atoms with van der Waals surface area (Å²) >= 11 is 12.2. The van der Waals surface area contributed by atoms with Crippen LogP contribution in [0, 0.1) is 0 Å². The average molecular weight is 361 g/mol. The van der Waals surface area contributed by atoms with E-state index in [9.17, 15) is 9.90 Å². The zero-order valence-electron chi connectivity index (χ0n) is 12.6. The first-order valence-electron chi connectivity index (χ1n) is 7.35. The van der Waals surface area contributed by atoms with Crippen LogP contribution in [0.25, 0.3) is 5.03 Å². The number of benzene rings is 2. The molecule has 0 bridgehead atoms. The third kappa shape index (κ3) is 3.45. The lowest BCUT2D eigenvalue weighted by atomic mass is 9.92. The van der Waals surface area contributed by atoms with Gasteiger partial charge in [0.15, 0.2) is 0 Å². The normalized spacial score (nSPS) is 13.9. The number of amides is 1. The maximum Gasteiger partial charge on any atom is 0.275 e. The molecule has 0 spiro atoms. The van der Waals surface area contributed by atoms with Gasteiger partial charge in [-0.05, 0) is 47.7 Å². The van der Waals surface area contributed by atoms with Crippen LogP contribution in [0.1, 0.15) is 27.9 Å². The monoisotopic (exact) mass is 360 g/mol. The highest BCUT2D eigenvalue weighted by molar-refractivity contribution is 6.51. The predicted octanol–water partition coefficient (Wildman–Crippen LogP) is 4.36. The largest absolute Gasteiger partial charge is 0.507 e. The fourth-order valence-corrected chi connectivity index (χ4v) is 3.04. The minimum atomic E-state index is -0.542. The van der Waals surface area contributed by atoms with Gasteiger partial charge in [0.1, 0.15) is 5.75 Å². The summed E-state index contributed by atoms with van der Waals surface area (Å²) in [6.07, 6.45) is 3.16. The van der Waals surface area contributed by atoms with E-state index in [1.807, 2.05) is 18.2 Å². The molecule has 2 aromatic carbocycles. The van der Waals surface area contributed by atoms with Crippen molar-refractivity contribution in [3.8, 4) is 5.75 Å². The van der Waals surface area contributed by atoms with Crippen LogP contribution in [0.15, 0.2) is 53.1 Å². The average Bonchev–Trinajstić information content (AvgIpc) is 2.59. The van der Waals surface area contributed by atoms with E-state index in [1.165, 1.54) is 30.0 Å². The predicted molar refractivity (Wildman–Crippen MR) is 96.6 cm³/mol. The molecule has 0 radical (unpaired) electrons. The molecule has 4 nitrogen and oxygen atoms in total. The zero-order chi connectivity index (χ0) is 17.1. The number of aryl methyl sites for hydroxylation is 1. The van der Waals surface area contributed by atoms with E-state index in [1.54, 1.807) is 0 Å². The van der Waals surface area contributed by atoms with Crippen LogP contribution in [0.2, 0.25) is 5.02 Å². The number of halogens is 2. The zero-order valence-corrected chi connectivity index (χ0v) is 14.1. The molecule has 6 heteroatoms. The number of nitrogens with zero attached hydrogens (tertiary/aromatic N) is 1. The molecule has 0 aliphatic heterocycles. The van der Waals surface area contributed by atoms with Gasteiger partial charge in [0.25, 0.3) is 5.91 Å². The fourth-order valence-electron chi connectivity index (χ4n) is 2.54. The van der Waals surface area contributed by atoms with Gasteiger partial charge < -0.3 is 5.11 Å². The second kappa shape index (κ2) is 7.07. The Balaban J connectivity index is 1.75. The molecular formula is C18H14Cl2N2O2. The molecule has 3 rings (SSSR count). The first kappa shape index (κ1) is 16.6. The summed E-state index contributed by atoms with van der Waals surface area (Å²) in [7, 11) is 0. The van der Waals surface area contributed by atoms with Gasteiger partial charge in [-0.15, -0.1) is 0 Å². The fraction of sp³-hybridized carbons (Fsp3) is 0.111. The van der Waals surface area contributed by atoms with Crippen LogP contribution in [0.5, 0.6) is 5.75 Å². The number of phenols is 1. The molecule has 0 fully saturated rings. The number of aromatic hydroxyl groups is 1. The van der Waals surface area contributed by atoms with Crippen LogP contribution in [0.4, 0.5) is 0 Å². The molecule has 0 aromatic heterocycles. The van der Waals surface area contributed by atoms with Crippen molar-refractivity contribution in [2.24, 2.45) is 5.10 Å². The molecule has 0 unspecified atom stereocenters. The third-order valence-electron chi connectivity index (χ3n) is 3.79. The number of hydrazone groups is 1. The number of hydrogen-bond donors (Lipinski definition) is 2. The summed E-state index contributed by atoms with van der Waals surface area (Å²) in [6, 6.07) is 12.2. The summed E-state index contributed by atoms with van der Waals surface area (Å²) < 4.78 is 0. The Morgan fingerprint density at radius 1 is 1.17 bits per heavy atom. The number of carbonyl (C=O) groups is 1. The molecule has 24 heavy (non-hydrogen) atoms. The smallest absolute Gasteiger partial charge is 0.275 e. The Kier molecular flexibility index (Phi) is 4.88. The Bertz CT molecular complexity index is 860. The molecule has 0 atom stereocenters. The number of carbonyl (C=O) groups excluding carboxylic acids is 1. The van der Waals surface area contributed by atoms with E-state index in [4.69, 9.17) is 23.2 Å². The van der Waals surface area contributed by atoms with Gasteiger partial charge in [-0.1, -0.05) is 47.5 Å². The van der Waals surface area contributed by atoms with Crippen LogP contribution >= 0.6 is 23.2 Å². The van der Waals surface area contributed by atoms with Gasteiger partial charge >= 0.3 is 0 Å². The summed E-state index contributed by atoms with van der Waals surface area (Å²) in [5, 5.41) is 14.6. The van der Waals surface area contributed by atoms with Gasteiger partial charge in [0, 0.05) is 5.02 Å². The van der Waals surface area contributed by atoms with Gasteiger partial charge in [0.2, 0.25) is 0 Å². The van der Waals surface area contributed by atoms with Crippen molar-refractivity contribution in [3.05, 3.63) is 69.8 Å². The maximum atomic E-state index is 12.0. The van der Waals surface area contributed by atoms with E-state index in [2.05, 4.69) is 16.6 Å². The first-order chi connectivity index (χ1) is 11.6. The van der Waals surface area contributed by atoms with Crippen molar-refractivity contribution < 1.29 is 9.90 Å². The van der Waals surface area contributed by atoms with Crippen molar-refractivity contribution in [1.29, 1.82) is 0 Å². The van der Waals surface area contributed by atoms with Crippen LogP contribution < -0.4 is 5.43 Å². The maximum absolute atomic E-state index is 12.0. The van der Waals surface area contributed by atoms with Gasteiger partial charge in [-0.25, -0.2) is 5.43 Å². The van der Waals surface area contributed by atoms with E-state index >= 15 is 0 Å². The Labute approximate surface area is 149 Å². The van der Waals surface area contributed by atoms with Gasteiger partial charge in [0.05, 0.1) is 16.8 Å². The van der Waals surface area contributed by atoms with Gasteiger partial charge in [-0.3, -0.25) is 4.79 Å². The molecule has 0 saturated heterocycles. The molecule has 1 amide bonds. The Morgan fingerprint density at radius 2 is 1.96 bits per heavy atom. The molecule has 0 saturated carbocycles. The molecule has 2 N–H and O–H groups in total. The SMILES string of the molecule is O=C(N/N=C\C1=C(Cl)c2ccccc2CC1)c1cc(Cl)ccc1O. The molecule has 0 heterocycles. The highest BCUT2D eigenvalue weighted by Gasteiger charge is 2.16. The van der Waals surface area contributed by atoms with E-state index in [-0.39, 0.29) is 11.3 Å². The van der Waals surface area contributed by atoms with Crippen LogP contribution in [-0.2, 0) is 6.42 Å². The lowest BCUT2D eigenvalue weighted by Gasteiger charge is -2.17. The van der Waals surface area contributed by atoms with Gasteiger partial charge in [-0.2, -0.15) is 5.10 Å². The summed E-state index contributed by atoms with van der Waals surface area (Å²) in [5.74, 6) is -0.699. The quantitative estimate of drug-likeness (QED) is 0.630. The molecule has 1 aliphatic carbocycles. The van der Waals surface area contributed by atoms with Crippen molar-refractivity contribution in [2.75, 3.05) is 0 Å². The number of rotatable bonds is 3. The highest BCUT2D eigenvalue weighted by Crippen LogP contribution is 2.33. The van der Waals surface area contributed by atoms with Crippen LogP contribution in [0.3, 0.4) is 0 Å². The lowest BCUT2D eigenvalue weighted by molar-refractivity contribution is 0.0952. The summed E-state index contributed by atoms with van der Waals surface area (Å²) in [5.41, 5.74) is 5.49. The van der Waals surface area contributed by atoms with E-state index in [0.29, 0.717) is 10.1 Å². The van der Waals surface area contributed by atoms with Crippen molar-refractivity contribution in [3.63, 3.8) is 0 Å². The standard InChI is InChI=1S/C18H14Cl2N2O2/c19-13-7-8-16(23)15(9-13)18(24)22-21-10-12-6-5-11-3-1-2-4-14(11)17(12)20/h1-4,7-10,23H,5-6H2,(H,22,24)/b21-10-. The van der Waals surface area contributed by atoms with Crippen LogP contribution in [-0.4, -0.2) is 17.2 Å². The number of nitrogens with one attached hydrogen (secondary N) is 1. The Morgan fingerprint density at radius 3 is 2.79 bits per heavy atom. The number of allylic oxidation sites excluding steroid dienone is 1. The second-order valence-electron chi connectivity index (χ2n) is 5.36. The summed E-state index contributed by atoms with van der Waals surface area (Å²) in [6.45, 7) is 0. The molecule has 1 aliphatic rings. The lowest BCUT2D eigenvalue weighted by Crippen LogP contribution is -2.18. The molecule has 2 aromatic rings. The highest BCUT2D eigenvalue weighted by atomic mass is 35.5. The third-order valence-corrected chi connectivity index (χ3v) is 4.47. The number of hydrogen-bond acceptors (Lipinski definition) is 3. The number of phenolic OH excluding ortho intramolecular Hbond substituents is 1. The second-order valence-corrected chi connectivity index (χ2v) is 6.17. The Hall–Kier alpha value is -2.30. The number of fused-ring (bicyclic) bond motifs is 1. The first-order valence-corrected chi connectivity index (χ1v) is 8.10. The minimum Gasteiger partial charge on any atom is -0.507 e. The minimum absolute atomic E-state index is 0.0636. The van der Waals surface area contributed by atoms with Crippen molar-refractivity contribution in [1.82, 2.24) is 5.43 Å². The molecular weight excluding hydrogens is 347 g/mol. The topological polar surface area (TPSA) is 61.7 Å². The van der Waals surface area contributed by atoms with E-state index < -0.39 is 5.91 Å². The summed E-state index contributed by atoms with van der Waals surface area (Å²) in [4.78, 5) is 12.0. The van der Waals surface area contributed by atoms with Crippen molar-refractivity contribution in [2.45, 2.75) is 12.8 Å². The van der Waals surface area contributed by atoms with E-state index in [0.717, 1.165) is 24.0 Å².